The summed E-state index contributed by atoms with van der Waals surface area (Å²) in [6, 6.07) is 10.6. The Kier molecular flexibility index (Phi) is 3.19. The quantitative estimate of drug-likeness (QED) is 0.794. The monoisotopic (exact) mass is 281 g/mol. The summed E-state index contributed by atoms with van der Waals surface area (Å²) in [5.41, 5.74) is 1.21. The molecule has 0 atom stereocenters. The highest BCUT2D eigenvalue weighted by Gasteiger charge is 2.14. The molecule has 1 N–H and O–H groups in total. The molecule has 2 aromatic heterocycles. The fourth-order valence-corrected chi connectivity index (χ4v) is 1.90. The zero-order chi connectivity index (χ0) is 14.8. The Balaban J connectivity index is 2.16. The molecular weight excluding hydrogens is 270 g/mol. The number of nitrogens with zero attached hydrogens (tertiary/aromatic N) is 3. The van der Waals surface area contributed by atoms with Crippen molar-refractivity contribution in [1.82, 2.24) is 15.0 Å². The fraction of sp³-hybridized carbons (Fsp3) is 0.0667. The van der Waals surface area contributed by atoms with E-state index in [0.717, 1.165) is 0 Å². The lowest BCUT2D eigenvalue weighted by Gasteiger charge is -2.09. The summed E-state index contributed by atoms with van der Waals surface area (Å²) in [5, 5.41) is 9.74. The first-order valence-corrected chi connectivity index (χ1v) is 6.24. The molecule has 0 bridgehead atoms. The van der Waals surface area contributed by atoms with E-state index in [-0.39, 0.29) is 11.7 Å². The molecule has 0 spiro atoms. The van der Waals surface area contributed by atoms with Crippen molar-refractivity contribution in [3.8, 4) is 11.6 Å². The van der Waals surface area contributed by atoms with E-state index in [1.165, 1.54) is 0 Å². The fourth-order valence-electron chi connectivity index (χ4n) is 1.90. The molecule has 3 aromatic rings. The van der Waals surface area contributed by atoms with Gasteiger partial charge in [0.1, 0.15) is 0 Å². The number of aromatic carboxylic acids is 1. The Hall–Kier alpha value is -3.02. The standard InChI is InChI=1S/C15H11N3O3/c1-9-12(7-4-8-16-9)21-14-10-5-2-3-6-11(10)17-13(18-14)15(19)20/h2-8H,1H3,(H,19,20). The number of pyridine rings is 1. The van der Waals surface area contributed by atoms with Crippen LogP contribution in [0.25, 0.3) is 10.9 Å². The van der Waals surface area contributed by atoms with Crippen LogP contribution >= 0.6 is 0 Å². The molecule has 0 amide bonds. The molecule has 0 aliphatic carbocycles. The lowest BCUT2D eigenvalue weighted by atomic mass is 10.2. The number of aromatic nitrogens is 3. The number of benzene rings is 1. The first-order valence-electron chi connectivity index (χ1n) is 6.24. The van der Waals surface area contributed by atoms with Crippen LogP contribution in [0.4, 0.5) is 0 Å². The average molecular weight is 281 g/mol. The largest absolute Gasteiger partial charge is 0.475 e. The highest BCUT2D eigenvalue weighted by atomic mass is 16.5. The minimum Gasteiger partial charge on any atom is -0.475 e. The lowest BCUT2D eigenvalue weighted by Crippen LogP contribution is -2.06. The van der Waals surface area contributed by atoms with E-state index in [9.17, 15) is 4.79 Å². The second-order valence-electron chi connectivity index (χ2n) is 4.36. The average Bonchev–Trinajstić information content (AvgIpc) is 2.49. The summed E-state index contributed by atoms with van der Waals surface area (Å²) < 4.78 is 5.74. The highest BCUT2D eigenvalue weighted by Crippen LogP contribution is 2.28. The Bertz CT molecular complexity index is 833. The molecular formula is C15H11N3O3. The van der Waals surface area contributed by atoms with Crippen LogP contribution in [-0.2, 0) is 0 Å². The summed E-state index contributed by atoms with van der Waals surface area (Å²) in [7, 11) is 0. The molecule has 104 valence electrons. The summed E-state index contributed by atoms with van der Waals surface area (Å²) in [6.45, 7) is 1.80. The van der Waals surface area contributed by atoms with E-state index in [1.54, 1.807) is 43.5 Å². The van der Waals surface area contributed by atoms with Crippen molar-refractivity contribution in [3.05, 3.63) is 54.1 Å². The third-order valence-corrected chi connectivity index (χ3v) is 2.92. The number of aryl methyl sites for hydroxylation is 1. The molecule has 0 aliphatic rings. The van der Waals surface area contributed by atoms with Crippen molar-refractivity contribution in [2.75, 3.05) is 0 Å². The number of para-hydroxylation sites is 1. The van der Waals surface area contributed by atoms with E-state index >= 15 is 0 Å². The normalized spacial score (nSPS) is 10.5. The first kappa shape index (κ1) is 13.0. The number of carboxylic acid groups (broad SMARTS) is 1. The number of carbonyl (C=O) groups is 1. The Morgan fingerprint density at radius 1 is 1.14 bits per heavy atom. The Morgan fingerprint density at radius 2 is 1.95 bits per heavy atom. The number of hydrogen-bond donors (Lipinski definition) is 1. The zero-order valence-electron chi connectivity index (χ0n) is 11.1. The van der Waals surface area contributed by atoms with Crippen LogP contribution in [0.5, 0.6) is 11.6 Å². The molecule has 2 heterocycles. The maximum absolute atomic E-state index is 11.1. The van der Waals surface area contributed by atoms with Gasteiger partial charge in [-0.1, -0.05) is 12.1 Å². The molecule has 0 saturated heterocycles. The summed E-state index contributed by atoms with van der Waals surface area (Å²) in [5.74, 6) is -0.773. The third-order valence-electron chi connectivity index (χ3n) is 2.92. The van der Waals surface area contributed by atoms with Gasteiger partial charge in [0.15, 0.2) is 5.75 Å². The van der Waals surface area contributed by atoms with Crippen LogP contribution in [0.2, 0.25) is 0 Å². The van der Waals surface area contributed by atoms with Gasteiger partial charge in [-0.2, -0.15) is 4.98 Å². The molecule has 6 nitrogen and oxygen atoms in total. The van der Waals surface area contributed by atoms with Crippen LogP contribution in [0.1, 0.15) is 16.3 Å². The van der Waals surface area contributed by atoms with Crippen LogP contribution in [-0.4, -0.2) is 26.0 Å². The van der Waals surface area contributed by atoms with Crippen molar-refractivity contribution in [3.63, 3.8) is 0 Å². The second-order valence-corrected chi connectivity index (χ2v) is 4.36. The van der Waals surface area contributed by atoms with Gasteiger partial charge in [-0.05, 0) is 31.2 Å². The molecule has 6 heteroatoms. The molecule has 3 rings (SSSR count). The lowest BCUT2D eigenvalue weighted by molar-refractivity contribution is 0.0683. The van der Waals surface area contributed by atoms with Crippen LogP contribution < -0.4 is 4.74 Å². The van der Waals surface area contributed by atoms with E-state index < -0.39 is 5.97 Å². The van der Waals surface area contributed by atoms with Crippen LogP contribution in [0, 0.1) is 6.92 Å². The summed E-state index contributed by atoms with van der Waals surface area (Å²) in [4.78, 5) is 23.2. The summed E-state index contributed by atoms with van der Waals surface area (Å²) >= 11 is 0. The maximum Gasteiger partial charge on any atom is 0.374 e. The van der Waals surface area contributed by atoms with E-state index in [0.29, 0.717) is 22.3 Å². The van der Waals surface area contributed by atoms with Gasteiger partial charge in [-0.25, -0.2) is 9.78 Å². The smallest absolute Gasteiger partial charge is 0.374 e. The highest BCUT2D eigenvalue weighted by molar-refractivity contribution is 5.90. The van der Waals surface area contributed by atoms with Gasteiger partial charge in [0.2, 0.25) is 11.7 Å². The minimum absolute atomic E-state index is 0.203. The van der Waals surface area contributed by atoms with Crippen molar-refractivity contribution >= 4 is 16.9 Å². The number of hydrogen-bond acceptors (Lipinski definition) is 5. The van der Waals surface area contributed by atoms with Crippen molar-refractivity contribution in [2.24, 2.45) is 0 Å². The molecule has 0 saturated carbocycles. The maximum atomic E-state index is 11.1. The molecule has 0 unspecified atom stereocenters. The van der Waals surface area contributed by atoms with Gasteiger partial charge in [0, 0.05) is 6.20 Å². The SMILES string of the molecule is Cc1ncccc1Oc1nc(C(=O)O)nc2ccccc12. The van der Waals surface area contributed by atoms with Crippen molar-refractivity contribution in [2.45, 2.75) is 6.92 Å². The topological polar surface area (TPSA) is 85.2 Å². The molecule has 1 aromatic carbocycles. The van der Waals surface area contributed by atoms with E-state index in [2.05, 4.69) is 15.0 Å². The Labute approximate surface area is 120 Å². The van der Waals surface area contributed by atoms with Gasteiger partial charge >= 0.3 is 5.97 Å². The Morgan fingerprint density at radius 3 is 2.71 bits per heavy atom. The number of fused-ring (bicyclic) bond motifs is 1. The van der Waals surface area contributed by atoms with Gasteiger partial charge in [-0.3, -0.25) is 4.98 Å². The van der Waals surface area contributed by atoms with Gasteiger partial charge in [0.05, 0.1) is 16.6 Å². The van der Waals surface area contributed by atoms with E-state index in [1.807, 2.05) is 6.07 Å². The van der Waals surface area contributed by atoms with Crippen LogP contribution in [0.3, 0.4) is 0 Å². The van der Waals surface area contributed by atoms with Crippen molar-refractivity contribution < 1.29 is 14.6 Å². The van der Waals surface area contributed by atoms with Gasteiger partial charge < -0.3 is 9.84 Å². The predicted molar refractivity (Wildman–Crippen MR) is 75.5 cm³/mol. The minimum atomic E-state index is -1.20. The van der Waals surface area contributed by atoms with Crippen molar-refractivity contribution in [1.29, 1.82) is 0 Å². The molecule has 0 fully saturated rings. The third kappa shape index (κ3) is 2.51. The first-order chi connectivity index (χ1) is 10.1. The zero-order valence-corrected chi connectivity index (χ0v) is 11.1. The van der Waals surface area contributed by atoms with Gasteiger partial charge in [0.25, 0.3) is 0 Å². The number of ether oxygens (including phenoxy) is 1. The number of carboxylic acids is 1. The summed E-state index contributed by atoms with van der Waals surface area (Å²) in [6.07, 6.45) is 1.66. The van der Waals surface area contributed by atoms with Crippen LogP contribution in [0.15, 0.2) is 42.6 Å². The molecule has 21 heavy (non-hydrogen) atoms. The molecule has 0 radical (unpaired) electrons. The van der Waals surface area contributed by atoms with Gasteiger partial charge in [-0.15, -0.1) is 0 Å². The number of rotatable bonds is 3. The molecule has 0 aliphatic heterocycles. The second kappa shape index (κ2) is 5.16. The van der Waals surface area contributed by atoms with E-state index in [4.69, 9.17) is 9.84 Å². The predicted octanol–water partition coefficient (Wildman–Crippen LogP) is 2.82.